The monoisotopic (exact) mass is 248 g/mol. The van der Waals surface area contributed by atoms with E-state index < -0.39 is 11.8 Å². The Morgan fingerprint density at radius 2 is 2.06 bits per heavy atom. The summed E-state index contributed by atoms with van der Waals surface area (Å²) in [6.45, 7) is 5.59. The molecule has 0 radical (unpaired) electrons. The zero-order valence-corrected chi connectivity index (χ0v) is 10.6. The molecule has 1 aromatic carbocycles. The van der Waals surface area contributed by atoms with Crippen molar-refractivity contribution in [1.29, 1.82) is 0 Å². The lowest BCUT2D eigenvalue weighted by Crippen LogP contribution is -2.19. The smallest absolute Gasteiger partial charge is 0.207 e. The molecule has 2 atom stereocenters. The third-order valence-corrected chi connectivity index (χ3v) is 3.57. The Hall–Kier alpha value is -1.40. The van der Waals surface area contributed by atoms with E-state index in [1.54, 1.807) is 0 Å². The second-order valence-corrected chi connectivity index (χ2v) is 5.53. The molecule has 1 aliphatic carbocycles. The zero-order chi connectivity index (χ0) is 13.2. The van der Waals surface area contributed by atoms with E-state index in [1.807, 2.05) is 43.3 Å². The van der Waals surface area contributed by atoms with Crippen molar-refractivity contribution in [3.05, 3.63) is 54.3 Å². The molecule has 0 saturated heterocycles. The highest BCUT2D eigenvalue weighted by molar-refractivity contribution is 5.19. The third-order valence-electron chi connectivity index (χ3n) is 3.57. The number of benzene rings is 1. The van der Waals surface area contributed by atoms with E-state index in [-0.39, 0.29) is 11.8 Å². The van der Waals surface area contributed by atoms with Gasteiger partial charge in [-0.2, -0.15) is 0 Å². The largest absolute Gasteiger partial charge is 0.251 e. The van der Waals surface area contributed by atoms with E-state index in [9.17, 15) is 8.78 Å². The van der Waals surface area contributed by atoms with Gasteiger partial charge in [-0.25, -0.2) is 8.78 Å². The van der Waals surface area contributed by atoms with Crippen LogP contribution < -0.4 is 0 Å². The first kappa shape index (κ1) is 13.0. The lowest BCUT2D eigenvalue weighted by molar-refractivity contribution is 0.0892. The topological polar surface area (TPSA) is 0 Å². The van der Waals surface area contributed by atoms with Crippen molar-refractivity contribution in [2.45, 2.75) is 32.1 Å². The van der Waals surface area contributed by atoms with Crippen molar-refractivity contribution < 1.29 is 8.78 Å². The van der Waals surface area contributed by atoms with Crippen molar-refractivity contribution in [2.24, 2.45) is 11.3 Å². The summed E-state index contributed by atoms with van der Waals surface area (Å²) < 4.78 is 26.1. The van der Waals surface area contributed by atoms with Gasteiger partial charge in [0.15, 0.2) is 0 Å². The van der Waals surface area contributed by atoms with Crippen LogP contribution in [0, 0.1) is 11.3 Å². The van der Waals surface area contributed by atoms with Gasteiger partial charge in [-0.15, -0.1) is 5.73 Å². The van der Waals surface area contributed by atoms with E-state index in [4.69, 9.17) is 0 Å². The van der Waals surface area contributed by atoms with Crippen LogP contribution in [0.3, 0.4) is 0 Å². The van der Waals surface area contributed by atoms with Gasteiger partial charge in [0.2, 0.25) is 0 Å². The second kappa shape index (κ2) is 4.70. The molecular formula is C16H18F2. The fraction of sp³-hybridized carbons (Fsp3) is 0.438. The van der Waals surface area contributed by atoms with Gasteiger partial charge in [-0.3, -0.25) is 0 Å². The molecule has 18 heavy (non-hydrogen) atoms. The normalized spacial score (nSPS) is 23.8. The maximum Gasteiger partial charge on any atom is 0.251 e. The van der Waals surface area contributed by atoms with E-state index >= 15 is 0 Å². The van der Waals surface area contributed by atoms with Crippen LogP contribution in [0.1, 0.15) is 25.3 Å². The average molecular weight is 248 g/mol. The Morgan fingerprint density at radius 3 is 2.56 bits per heavy atom. The van der Waals surface area contributed by atoms with Gasteiger partial charge in [0.1, 0.15) is 0 Å². The van der Waals surface area contributed by atoms with E-state index in [2.05, 4.69) is 12.3 Å². The summed E-state index contributed by atoms with van der Waals surface area (Å²) in [7, 11) is 0. The molecule has 0 spiro atoms. The van der Waals surface area contributed by atoms with Gasteiger partial charge in [-0.05, 0) is 29.9 Å². The summed E-state index contributed by atoms with van der Waals surface area (Å²) in [4.78, 5) is 0. The van der Waals surface area contributed by atoms with Gasteiger partial charge in [0.05, 0.1) is 0 Å². The Bertz CT molecular complexity index is 457. The zero-order valence-electron chi connectivity index (χ0n) is 10.6. The Morgan fingerprint density at radius 1 is 1.44 bits per heavy atom. The third kappa shape index (κ3) is 3.08. The molecule has 1 aliphatic rings. The average Bonchev–Trinajstić information content (AvgIpc) is 2.86. The van der Waals surface area contributed by atoms with Crippen LogP contribution in [0.25, 0.3) is 0 Å². The number of hydrogen-bond donors (Lipinski definition) is 0. The summed E-state index contributed by atoms with van der Waals surface area (Å²) in [5.74, 6) is -2.93. The first-order valence-corrected chi connectivity index (χ1v) is 6.24. The maximum atomic E-state index is 13.1. The van der Waals surface area contributed by atoms with Crippen molar-refractivity contribution in [1.82, 2.24) is 0 Å². The van der Waals surface area contributed by atoms with Gasteiger partial charge in [0, 0.05) is 12.3 Å². The van der Waals surface area contributed by atoms with Crippen LogP contribution in [-0.2, 0) is 6.42 Å². The summed E-state index contributed by atoms with van der Waals surface area (Å²) >= 11 is 0. The highest BCUT2D eigenvalue weighted by atomic mass is 19.3. The van der Waals surface area contributed by atoms with Crippen LogP contribution >= 0.6 is 0 Å². The van der Waals surface area contributed by atoms with Gasteiger partial charge < -0.3 is 0 Å². The lowest BCUT2D eigenvalue weighted by Gasteiger charge is -2.25. The predicted octanol–water partition coefficient (Wildman–Crippen LogP) is 4.62. The molecular weight excluding hydrogens is 230 g/mol. The highest BCUT2D eigenvalue weighted by Crippen LogP contribution is 2.54. The molecule has 1 aromatic rings. The minimum atomic E-state index is -2.45. The predicted molar refractivity (Wildman–Crippen MR) is 69.6 cm³/mol. The molecule has 2 rings (SSSR count). The first-order valence-electron chi connectivity index (χ1n) is 6.24. The molecule has 2 heteroatoms. The van der Waals surface area contributed by atoms with Crippen LogP contribution in [-0.4, -0.2) is 5.92 Å². The Labute approximate surface area is 107 Å². The van der Waals surface area contributed by atoms with Crippen LogP contribution in [0.4, 0.5) is 8.78 Å². The van der Waals surface area contributed by atoms with E-state index in [0.29, 0.717) is 6.42 Å². The quantitative estimate of drug-likeness (QED) is 0.667. The second-order valence-electron chi connectivity index (χ2n) is 5.53. The van der Waals surface area contributed by atoms with Crippen LogP contribution in [0.15, 0.2) is 48.7 Å². The maximum absolute atomic E-state index is 13.1. The minimum Gasteiger partial charge on any atom is -0.207 e. The lowest BCUT2D eigenvalue weighted by atomic mass is 9.79. The van der Waals surface area contributed by atoms with Gasteiger partial charge in [0.25, 0.3) is 5.92 Å². The van der Waals surface area contributed by atoms with Crippen molar-refractivity contribution in [3.63, 3.8) is 0 Å². The van der Waals surface area contributed by atoms with E-state index in [1.165, 1.54) is 0 Å². The number of alkyl halides is 2. The molecule has 96 valence electrons. The fourth-order valence-corrected chi connectivity index (χ4v) is 2.54. The Balaban J connectivity index is 2.09. The molecule has 0 N–H and O–H groups in total. The molecule has 0 aromatic heterocycles. The number of allylic oxidation sites excluding steroid dienone is 1. The van der Waals surface area contributed by atoms with Crippen molar-refractivity contribution in [3.8, 4) is 0 Å². The van der Waals surface area contributed by atoms with Crippen molar-refractivity contribution >= 4 is 0 Å². The SMILES string of the molecule is C=C=CC(C)(Cc1ccccc1)CC1CC1(F)F. The highest BCUT2D eigenvalue weighted by Gasteiger charge is 2.58. The van der Waals surface area contributed by atoms with Crippen LogP contribution in [0.5, 0.6) is 0 Å². The molecule has 0 aliphatic heterocycles. The number of hydrogen-bond acceptors (Lipinski definition) is 0. The molecule has 0 amide bonds. The van der Waals surface area contributed by atoms with Gasteiger partial charge in [-0.1, -0.05) is 43.8 Å². The molecule has 2 unspecified atom stereocenters. The number of rotatable bonds is 5. The van der Waals surface area contributed by atoms with Crippen LogP contribution in [0.2, 0.25) is 0 Å². The molecule has 0 bridgehead atoms. The van der Waals surface area contributed by atoms with Gasteiger partial charge >= 0.3 is 0 Å². The summed E-state index contributed by atoms with van der Waals surface area (Å²) in [6, 6.07) is 9.96. The molecule has 0 heterocycles. The number of halogens is 2. The summed E-state index contributed by atoms with van der Waals surface area (Å²) in [5.41, 5.74) is 3.65. The van der Waals surface area contributed by atoms with Crippen molar-refractivity contribution in [2.75, 3.05) is 0 Å². The summed E-state index contributed by atoms with van der Waals surface area (Å²) in [5, 5.41) is 0. The minimum absolute atomic E-state index is 0.0301. The Kier molecular flexibility index (Phi) is 3.41. The first-order chi connectivity index (χ1) is 8.45. The standard InChI is InChI=1S/C16H18F2/c1-3-9-15(2,11-14-12-16(14,17)18)10-13-7-5-4-6-8-13/h4-9,14H,1,10-12H2,2H3. The molecule has 1 saturated carbocycles. The molecule has 0 nitrogen and oxygen atoms in total. The fourth-order valence-electron chi connectivity index (χ4n) is 2.54. The van der Waals surface area contributed by atoms with E-state index in [0.717, 1.165) is 12.0 Å². The summed E-state index contributed by atoms with van der Waals surface area (Å²) in [6.07, 6.45) is 3.12. The molecule has 1 fully saturated rings.